The maximum Gasteiger partial charge on any atom is 0.255 e. The lowest BCUT2D eigenvalue weighted by Crippen LogP contribution is -2.15. The van der Waals surface area contributed by atoms with E-state index in [-0.39, 0.29) is 24.3 Å². The Balaban J connectivity index is 1.68. The standard InChI is InChI=1S/C20H21FN2O4/c1-12(2)3-8-19(24)23-16-10-14(5-6-15(16)21)22-20(25)13-4-7-17-18(9-13)27-11-26-17/h4-7,9-10,12H,3,8,11H2,1-2H3,(H,22,25)(H,23,24). The summed E-state index contributed by atoms with van der Waals surface area (Å²) in [6.07, 6.45) is 1.03. The lowest BCUT2D eigenvalue weighted by molar-refractivity contribution is -0.116. The molecular weight excluding hydrogens is 351 g/mol. The van der Waals surface area contributed by atoms with Crippen molar-refractivity contribution in [1.82, 2.24) is 0 Å². The number of ether oxygens (including phenoxy) is 2. The van der Waals surface area contributed by atoms with Gasteiger partial charge in [0.2, 0.25) is 12.7 Å². The highest BCUT2D eigenvalue weighted by Crippen LogP contribution is 2.32. The normalized spacial score (nSPS) is 12.1. The number of rotatable bonds is 6. The zero-order valence-electron chi connectivity index (χ0n) is 15.2. The van der Waals surface area contributed by atoms with E-state index in [2.05, 4.69) is 10.6 Å². The van der Waals surface area contributed by atoms with Crippen LogP contribution < -0.4 is 20.1 Å². The van der Waals surface area contributed by atoms with E-state index in [1.54, 1.807) is 18.2 Å². The van der Waals surface area contributed by atoms with Crippen LogP contribution in [0.2, 0.25) is 0 Å². The number of nitrogens with one attached hydrogen (secondary N) is 2. The Morgan fingerprint density at radius 3 is 2.63 bits per heavy atom. The number of amides is 2. The fourth-order valence-corrected chi connectivity index (χ4v) is 2.57. The van der Waals surface area contributed by atoms with Gasteiger partial charge in [0, 0.05) is 17.7 Å². The van der Waals surface area contributed by atoms with Crippen molar-refractivity contribution in [1.29, 1.82) is 0 Å². The van der Waals surface area contributed by atoms with Crippen molar-refractivity contribution in [2.24, 2.45) is 5.92 Å². The van der Waals surface area contributed by atoms with Crippen LogP contribution in [-0.4, -0.2) is 18.6 Å². The first-order valence-electron chi connectivity index (χ1n) is 8.73. The van der Waals surface area contributed by atoms with Crippen LogP contribution >= 0.6 is 0 Å². The van der Waals surface area contributed by atoms with Crippen LogP contribution in [0.1, 0.15) is 37.0 Å². The molecule has 0 spiro atoms. The Hall–Kier alpha value is -3.09. The Labute approximate surface area is 156 Å². The number of benzene rings is 2. The largest absolute Gasteiger partial charge is 0.454 e. The van der Waals surface area contributed by atoms with E-state index in [1.807, 2.05) is 13.8 Å². The van der Waals surface area contributed by atoms with Crippen LogP contribution in [0.15, 0.2) is 36.4 Å². The average Bonchev–Trinajstić information content (AvgIpc) is 3.10. The Bertz CT molecular complexity index is 867. The molecule has 1 aliphatic rings. The second-order valence-electron chi connectivity index (χ2n) is 6.70. The molecule has 6 nitrogen and oxygen atoms in total. The van der Waals surface area contributed by atoms with Crippen LogP contribution in [0.4, 0.5) is 15.8 Å². The summed E-state index contributed by atoms with van der Waals surface area (Å²) in [6.45, 7) is 4.15. The van der Waals surface area contributed by atoms with Gasteiger partial charge in [-0.05, 0) is 48.7 Å². The highest BCUT2D eigenvalue weighted by molar-refractivity contribution is 6.05. The Kier molecular flexibility index (Phi) is 5.59. The van der Waals surface area contributed by atoms with E-state index < -0.39 is 5.82 Å². The van der Waals surface area contributed by atoms with Crippen LogP contribution in [0, 0.1) is 11.7 Å². The fourth-order valence-electron chi connectivity index (χ4n) is 2.57. The predicted octanol–water partition coefficient (Wildman–Crippen LogP) is 4.18. The topological polar surface area (TPSA) is 76.7 Å². The third kappa shape index (κ3) is 4.75. The lowest BCUT2D eigenvalue weighted by atomic mass is 10.1. The van der Waals surface area contributed by atoms with E-state index in [9.17, 15) is 14.0 Å². The molecule has 0 atom stereocenters. The first-order valence-corrected chi connectivity index (χ1v) is 8.73. The van der Waals surface area contributed by atoms with Gasteiger partial charge in [-0.2, -0.15) is 0 Å². The van der Waals surface area contributed by atoms with Gasteiger partial charge >= 0.3 is 0 Å². The van der Waals surface area contributed by atoms with E-state index in [4.69, 9.17) is 9.47 Å². The van der Waals surface area contributed by atoms with Gasteiger partial charge in [-0.1, -0.05) is 13.8 Å². The van der Waals surface area contributed by atoms with E-state index in [0.717, 1.165) is 0 Å². The molecule has 0 aliphatic carbocycles. The molecule has 0 radical (unpaired) electrons. The van der Waals surface area contributed by atoms with Crippen LogP contribution in [0.25, 0.3) is 0 Å². The molecule has 0 fully saturated rings. The number of anilines is 2. The molecule has 7 heteroatoms. The Morgan fingerprint density at radius 1 is 1.07 bits per heavy atom. The van der Waals surface area contributed by atoms with Crippen LogP contribution in [-0.2, 0) is 4.79 Å². The zero-order chi connectivity index (χ0) is 19.4. The van der Waals surface area contributed by atoms with Gasteiger partial charge in [0.25, 0.3) is 5.91 Å². The minimum Gasteiger partial charge on any atom is -0.454 e. The monoisotopic (exact) mass is 372 g/mol. The first-order chi connectivity index (χ1) is 12.9. The number of halogens is 1. The second kappa shape index (κ2) is 8.07. The first kappa shape index (κ1) is 18.7. The van der Waals surface area contributed by atoms with Crippen molar-refractivity contribution in [2.75, 3.05) is 17.4 Å². The Morgan fingerprint density at radius 2 is 1.85 bits per heavy atom. The summed E-state index contributed by atoms with van der Waals surface area (Å²) in [7, 11) is 0. The molecule has 27 heavy (non-hydrogen) atoms. The minimum absolute atomic E-state index is 0.0345. The van der Waals surface area contributed by atoms with Crippen molar-refractivity contribution in [3.05, 3.63) is 47.8 Å². The average molecular weight is 372 g/mol. The second-order valence-corrected chi connectivity index (χ2v) is 6.70. The van der Waals surface area contributed by atoms with Gasteiger partial charge in [-0.25, -0.2) is 4.39 Å². The molecule has 0 saturated carbocycles. The third-order valence-electron chi connectivity index (χ3n) is 4.08. The quantitative estimate of drug-likeness (QED) is 0.797. The highest BCUT2D eigenvalue weighted by atomic mass is 19.1. The summed E-state index contributed by atoms with van der Waals surface area (Å²) in [6, 6.07) is 8.88. The fraction of sp³-hybridized carbons (Fsp3) is 0.300. The van der Waals surface area contributed by atoms with Crippen molar-refractivity contribution < 1.29 is 23.5 Å². The third-order valence-corrected chi connectivity index (χ3v) is 4.08. The van der Waals surface area contributed by atoms with Crippen LogP contribution in [0.3, 0.4) is 0 Å². The van der Waals surface area contributed by atoms with Gasteiger partial charge in [-0.3, -0.25) is 9.59 Å². The van der Waals surface area contributed by atoms with E-state index in [0.29, 0.717) is 41.5 Å². The predicted molar refractivity (Wildman–Crippen MR) is 99.6 cm³/mol. The zero-order valence-corrected chi connectivity index (χ0v) is 15.2. The summed E-state index contributed by atoms with van der Waals surface area (Å²) in [5, 5.41) is 5.24. The molecule has 2 amide bonds. The van der Waals surface area contributed by atoms with Crippen molar-refractivity contribution in [2.45, 2.75) is 26.7 Å². The van der Waals surface area contributed by atoms with Gasteiger partial charge in [0.05, 0.1) is 5.69 Å². The maximum absolute atomic E-state index is 14.0. The highest BCUT2D eigenvalue weighted by Gasteiger charge is 2.17. The summed E-state index contributed by atoms with van der Waals surface area (Å²) in [5.74, 6) is 0.264. The van der Waals surface area contributed by atoms with Gasteiger partial charge in [-0.15, -0.1) is 0 Å². The maximum atomic E-state index is 14.0. The van der Waals surface area contributed by atoms with E-state index >= 15 is 0 Å². The number of fused-ring (bicyclic) bond motifs is 1. The summed E-state index contributed by atoms with van der Waals surface area (Å²) < 4.78 is 24.5. The summed E-state index contributed by atoms with van der Waals surface area (Å²) >= 11 is 0. The molecule has 0 bridgehead atoms. The molecule has 0 saturated heterocycles. The van der Waals surface area contributed by atoms with Gasteiger partial charge in [0.15, 0.2) is 11.5 Å². The summed E-state index contributed by atoms with van der Waals surface area (Å²) in [5.41, 5.74) is 0.788. The number of hydrogen-bond acceptors (Lipinski definition) is 4. The number of hydrogen-bond donors (Lipinski definition) is 2. The molecular formula is C20H21FN2O4. The lowest BCUT2D eigenvalue weighted by Gasteiger charge is -2.11. The number of carbonyl (C=O) groups excluding carboxylic acids is 2. The molecule has 2 N–H and O–H groups in total. The molecule has 1 aliphatic heterocycles. The smallest absolute Gasteiger partial charge is 0.255 e. The molecule has 2 aromatic rings. The van der Waals surface area contributed by atoms with Gasteiger partial charge in [0.1, 0.15) is 5.82 Å². The summed E-state index contributed by atoms with van der Waals surface area (Å²) in [4.78, 5) is 24.4. The minimum atomic E-state index is -0.561. The molecule has 0 unspecified atom stereocenters. The molecule has 3 rings (SSSR count). The number of carbonyl (C=O) groups is 2. The molecule has 0 aromatic heterocycles. The SMILES string of the molecule is CC(C)CCC(=O)Nc1cc(NC(=O)c2ccc3c(c2)OCO3)ccc1F. The van der Waals surface area contributed by atoms with Crippen molar-refractivity contribution in [3.8, 4) is 11.5 Å². The molecule has 2 aromatic carbocycles. The van der Waals surface area contributed by atoms with E-state index in [1.165, 1.54) is 18.2 Å². The van der Waals surface area contributed by atoms with Gasteiger partial charge < -0.3 is 20.1 Å². The van der Waals surface area contributed by atoms with Crippen LogP contribution in [0.5, 0.6) is 11.5 Å². The molecule has 1 heterocycles. The molecule has 142 valence electrons. The van der Waals surface area contributed by atoms with Crippen molar-refractivity contribution >= 4 is 23.2 Å². The van der Waals surface area contributed by atoms with Crippen molar-refractivity contribution in [3.63, 3.8) is 0 Å².